The second-order valence-electron chi connectivity index (χ2n) is 6.47. The molecule has 0 saturated heterocycles. The van der Waals surface area contributed by atoms with Crippen molar-refractivity contribution in [2.75, 3.05) is 13.7 Å². The summed E-state index contributed by atoms with van der Waals surface area (Å²) in [6.45, 7) is 3.39. The fourth-order valence-electron chi connectivity index (χ4n) is 2.96. The first kappa shape index (κ1) is 18.2. The molecule has 3 rings (SSSR count). The highest BCUT2D eigenvalue weighted by atomic mass is 16.5. The molecule has 138 valence electrons. The summed E-state index contributed by atoms with van der Waals surface area (Å²) in [6.07, 6.45) is 2.13. The van der Waals surface area contributed by atoms with Crippen LogP contribution in [0.5, 0.6) is 11.5 Å². The standard InChI is InChI=1S/C20H25N3O3/c1-14(9-10-23-13-22-16-5-3-4-6-17(16)23)21-12-19(25)15-7-8-18(24)20(11-15)26-2/h3-8,11,13-14,19,21,24-25H,9-10,12H2,1-2H3. The average Bonchev–Trinajstić information content (AvgIpc) is 3.08. The number of aromatic nitrogens is 2. The van der Waals surface area contributed by atoms with E-state index in [2.05, 4.69) is 27.9 Å². The van der Waals surface area contributed by atoms with Gasteiger partial charge in [0.05, 0.1) is 30.6 Å². The van der Waals surface area contributed by atoms with Gasteiger partial charge in [0.15, 0.2) is 11.5 Å². The van der Waals surface area contributed by atoms with E-state index in [9.17, 15) is 10.2 Å². The van der Waals surface area contributed by atoms with Crippen molar-refractivity contribution in [3.63, 3.8) is 0 Å². The lowest BCUT2D eigenvalue weighted by molar-refractivity contribution is 0.169. The average molecular weight is 355 g/mol. The Balaban J connectivity index is 1.51. The van der Waals surface area contributed by atoms with Gasteiger partial charge < -0.3 is 24.8 Å². The molecule has 2 atom stereocenters. The molecule has 1 aromatic heterocycles. The third kappa shape index (κ3) is 4.15. The number of aromatic hydroxyl groups is 1. The van der Waals surface area contributed by atoms with Crippen molar-refractivity contribution >= 4 is 11.0 Å². The van der Waals surface area contributed by atoms with Crippen molar-refractivity contribution in [1.82, 2.24) is 14.9 Å². The van der Waals surface area contributed by atoms with Crippen LogP contribution in [0.3, 0.4) is 0 Å². The fraction of sp³-hybridized carbons (Fsp3) is 0.350. The summed E-state index contributed by atoms with van der Waals surface area (Å²) >= 11 is 0. The molecule has 0 saturated carbocycles. The zero-order valence-corrected chi connectivity index (χ0v) is 15.1. The Bertz CT molecular complexity index is 862. The number of aryl methyl sites for hydroxylation is 1. The van der Waals surface area contributed by atoms with E-state index >= 15 is 0 Å². The molecular weight excluding hydrogens is 330 g/mol. The van der Waals surface area contributed by atoms with Gasteiger partial charge in [-0.1, -0.05) is 18.2 Å². The first-order valence-electron chi connectivity index (χ1n) is 8.76. The van der Waals surface area contributed by atoms with Gasteiger partial charge in [0.2, 0.25) is 0 Å². The maximum absolute atomic E-state index is 10.4. The molecule has 26 heavy (non-hydrogen) atoms. The maximum atomic E-state index is 10.4. The summed E-state index contributed by atoms with van der Waals surface area (Å²) in [6, 6.07) is 13.2. The minimum Gasteiger partial charge on any atom is -0.504 e. The van der Waals surface area contributed by atoms with Crippen LogP contribution >= 0.6 is 0 Å². The third-order valence-corrected chi connectivity index (χ3v) is 4.58. The number of nitrogens with one attached hydrogen (secondary N) is 1. The van der Waals surface area contributed by atoms with E-state index in [4.69, 9.17) is 4.74 Å². The number of aliphatic hydroxyl groups is 1. The predicted octanol–water partition coefficient (Wildman–Crippen LogP) is 2.85. The number of ether oxygens (including phenoxy) is 1. The van der Waals surface area contributed by atoms with Gasteiger partial charge in [0.1, 0.15) is 0 Å². The van der Waals surface area contributed by atoms with Crippen LogP contribution in [-0.2, 0) is 6.54 Å². The first-order chi connectivity index (χ1) is 12.6. The number of methoxy groups -OCH3 is 1. The minimum atomic E-state index is -0.666. The van der Waals surface area contributed by atoms with Gasteiger partial charge in [-0.2, -0.15) is 0 Å². The van der Waals surface area contributed by atoms with Gasteiger partial charge in [-0.25, -0.2) is 4.98 Å². The summed E-state index contributed by atoms with van der Waals surface area (Å²) in [5.41, 5.74) is 2.85. The van der Waals surface area contributed by atoms with Crippen molar-refractivity contribution in [3.8, 4) is 11.5 Å². The smallest absolute Gasteiger partial charge is 0.160 e. The van der Waals surface area contributed by atoms with E-state index in [0.29, 0.717) is 17.9 Å². The number of hydrogen-bond acceptors (Lipinski definition) is 5. The van der Waals surface area contributed by atoms with Gasteiger partial charge in [0, 0.05) is 19.1 Å². The molecule has 0 aliphatic rings. The number of benzene rings is 2. The quantitative estimate of drug-likeness (QED) is 0.579. The zero-order chi connectivity index (χ0) is 18.5. The van der Waals surface area contributed by atoms with Crippen LogP contribution in [0.15, 0.2) is 48.8 Å². The van der Waals surface area contributed by atoms with E-state index in [-0.39, 0.29) is 11.8 Å². The molecule has 0 radical (unpaired) electrons. The number of phenols is 1. The second-order valence-corrected chi connectivity index (χ2v) is 6.47. The van der Waals surface area contributed by atoms with Crippen molar-refractivity contribution in [1.29, 1.82) is 0 Å². The van der Waals surface area contributed by atoms with Crippen LogP contribution in [0.2, 0.25) is 0 Å². The first-order valence-corrected chi connectivity index (χ1v) is 8.76. The highest BCUT2D eigenvalue weighted by Crippen LogP contribution is 2.28. The number of para-hydroxylation sites is 2. The highest BCUT2D eigenvalue weighted by molar-refractivity contribution is 5.74. The predicted molar refractivity (Wildman–Crippen MR) is 101 cm³/mol. The SMILES string of the molecule is COc1cc(C(O)CNC(C)CCn2cnc3ccccc32)ccc1O. The molecule has 2 aromatic carbocycles. The molecule has 0 amide bonds. The summed E-state index contributed by atoms with van der Waals surface area (Å²) in [7, 11) is 1.49. The number of imidazole rings is 1. The number of aliphatic hydroxyl groups excluding tert-OH is 1. The van der Waals surface area contributed by atoms with Crippen LogP contribution < -0.4 is 10.1 Å². The Morgan fingerprint density at radius 3 is 2.85 bits per heavy atom. The lowest BCUT2D eigenvalue weighted by Crippen LogP contribution is -2.31. The Kier molecular flexibility index (Phi) is 5.75. The molecule has 6 heteroatoms. The number of nitrogens with zero attached hydrogens (tertiary/aromatic N) is 2. The van der Waals surface area contributed by atoms with Gasteiger partial charge in [0.25, 0.3) is 0 Å². The molecule has 0 bridgehead atoms. The van der Waals surface area contributed by atoms with Crippen LogP contribution in [0.25, 0.3) is 11.0 Å². The van der Waals surface area contributed by atoms with Crippen molar-refractivity contribution in [2.45, 2.75) is 32.0 Å². The lowest BCUT2D eigenvalue weighted by Gasteiger charge is -2.18. The van der Waals surface area contributed by atoms with Crippen LogP contribution in [0.1, 0.15) is 25.0 Å². The fourth-order valence-corrected chi connectivity index (χ4v) is 2.96. The Hall–Kier alpha value is -2.57. The molecule has 0 aliphatic carbocycles. The van der Waals surface area contributed by atoms with Gasteiger partial charge in [-0.15, -0.1) is 0 Å². The Morgan fingerprint density at radius 1 is 1.23 bits per heavy atom. The summed E-state index contributed by atoms with van der Waals surface area (Å²) < 4.78 is 7.23. The topological polar surface area (TPSA) is 79.5 Å². The Labute approximate surface area is 153 Å². The van der Waals surface area contributed by atoms with Crippen molar-refractivity contribution in [2.24, 2.45) is 0 Å². The van der Waals surface area contributed by atoms with Gasteiger partial charge >= 0.3 is 0 Å². The van der Waals surface area contributed by atoms with Crippen LogP contribution in [0, 0.1) is 0 Å². The monoisotopic (exact) mass is 355 g/mol. The molecule has 2 unspecified atom stereocenters. The number of fused-ring (bicyclic) bond motifs is 1. The minimum absolute atomic E-state index is 0.0670. The van der Waals surface area contributed by atoms with E-state index < -0.39 is 6.10 Å². The highest BCUT2D eigenvalue weighted by Gasteiger charge is 2.12. The lowest BCUT2D eigenvalue weighted by atomic mass is 10.1. The molecule has 1 heterocycles. The maximum Gasteiger partial charge on any atom is 0.160 e. The van der Waals surface area contributed by atoms with Crippen molar-refractivity contribution < 1.29 is 14.9 Å². The zero-order valence-electron chi connectivity index (χ0n) is 15.1. The molecule has 3 aromatic rings. The van der Waals surface area contributed by atoms with E-state index in [0.717, 1.165) is 24.0 Å². The molecule has 0 aliphatic heterocycles. The third-order valence-electron chi connectivity index (χ3n) is 4.58. The van der Waals surface area contributed by atoms with Crippen molar-refractivity contribution in [3.05, 3.63) is 54.4 Å². The van der Waals surface area contributed by atoms with Crippen LogP contribution in [-0.4, -0.2) is 39.5 Å². The second kappa shape index (κ2) is 8.21. The molecule has 0 spiro atoms. The number of hydrogen-bond donors (Lipinski definition) is 3. The van der Waals surface area contributed by atoms with E-state index in [1.165, 1.54) is 13.2 Å². The van der Waals surface area contributed by atoms with E-state index in [1.54, 1.807) is 12.1 Å². The molecule has 0 fully saturated rings. The Morgan fingerprint density at radius 2 is 2.04 bits per heavy atom. The number of rotatable bonds is 8. The van der Waals surface area contributed by atoms with Gasteiger partial charge in [-0.3, -0.25) is 0 Å². The molecular formula is C20H25N3O3. The molecule has 3 N–H and O–H groups in total. The number of phenolic OH excluding ortho intramolecular Hbond substituents is 1. The summed E-state index contributed by atoms with van der Waals surface area (Å²) in [5, 5.41) is 23.4. The van der Waals surface area contributed by atoms with E-state index in [1.807, 2.05) is 24.5 Å². The summed E-state index contributed by atoms with van der Waals surface area (Å²) in [4.78, 5) is 4.40. The normalized spacial score (nSPS) is 13.7. The largest absolute Gasteiger partial charge is 0.504 e. The van der Waals surface area contributed by atoms with Gasteiger partial charge in [-0.05, 0) is 43.2 Å². The molecule has 6 nitrogen and oxygen atoms in total. The summed E-state index contributed by atoms with van der Waals surface area (Å²) in [5.74, 6) is 0.430. The van der Waals surface area contributed by atoms with Crippen LogP contribution in [0.4, 0.5) is 0 Å².